The van der Waals surface area contributed by atoms with Gasteiger partial charge in [0.1, 0.15) is 0 Å². The summed E-state index contributed by atoms with van der Waals surface area (Å²) in [5, 5.41) is 3.80. The van der Waals surface area contributed by atoms with Crippen molar-refractivity contribution in [3.05, 3.63) is 97.7 Å². The first-order valence-corrected chi connectivity index (χ1v) is 7.50. The Morgan fingerprint density at radius 1 is 1.12 bits per heavy atom. The molecule has 0 fully saturated rings. The first-order chi connectivity index (χ1) is 12.1. The van der Waals surface area contributed by atoms with Gasteiger partial charge in [-0.1, -0.05) is 0 Å². The molecule has 0 amide bonds. The molecule has 0 saturated carbocycles. The summed E-state index contributed by atoms with van der Waals surface area (Å²) in [7, 11) is 2.00. The standard InChI is InChI=1S/C10H10N2.C9H5F2N2.Ir/c1-11-7-8-12(9-11)10-5-3-2-4-6-10;10-7-2-3-9(8(11)6-7)13-5-1-4-12-13;/h2-5,7-9H,1H3;1-2,4-6H;/q-2;-1;+3. The van der Waals surface area contributed by atoms with E-state index in [1.54, 1.807) is 12.3 Å². The van der Waals surface area contributed by atoms with Crippen molar-refractivity contribution in [2.24, 2.45) is 0 Å². The molecule has 0 bridgehead atoms. The van der Waals surface area contributed by atoms with Gasteiger partial charge in [0.05, 0.1) is 0 Å². The van der Waals surface area contributed by atoms with E-state index in [9.17, 15) is 8.78 Å². The molecule has 26 heavy (non-hydrogen) atoms. The normalized spacial score (nSPS) is 12.4. The fourth-order valence-electron chi connectivity index (χ4n) is 2.15. The number of aromatic nitrogens is 2. The number of hydrogen-bond acceptors (Lipinski definition) is 3. The van der Waals surface area contributed by atoms with Crippen LogP contribution in [0.2, 0.25) is 0 Å². The quantitative estimate of drug-likeness (QED) is 0.473. The summed E-state index contributed by atoms with van der Waals surface area (Å²) < 4.78 is 26.9. The van der Waals surface area contributed by atoms with Crippen LogP contribution in [0.1, 0.15) is 0 Å². The van der Waals surface area contributed by atoms with Gasteiger partial charge in [-0.15, -0.1) is 17.8 Å². The van der Waals surface area contributed by atoms with Gasteiger partial charge in [-0.3, -0.25) is 13.5 Å². The molecule has 4 nitrogen and oxygen atoms in total. The summed E-state index contributed by atoms with van der Waals surface area (Å²) >= 11 is 0. The molecule has 2 aromatic carbocycles. The second-order valence-electron chi connectivity index (χ2n) is 5.20. The number of anilines is 1. The molecule has 1 aromatic heterocycles. The van der Waals surface area contributed by atoms with E-state index in [4.69, 9.17) is 0 Å². The smallest absolute Gasteiger partial charge is 0.510 e. The van der Waals surface area contributed by atoms with E-state index in [2.05, 4.69) is 17.2 Å². The predicted octanol–water partition coefficient (Wildman–Crippen LogP) is 3.78. The molecule has 3 aromatic rings. The number of nitrogens with zero attached hydrogens (tertiary/aromatic N) is 4. The van der Waals surface area contributed by atoms with Crippen LogP contribution in [0.5, 0.6) is 0 Å². The fraction of sp³-hybridized carbons (Fsp3) is 0.0526. The summed E-state index contributed by atoms with van der Waals surface area (Å²) in [4.78, 5) is 4.03. The molecule has 0 spiro atoms. The van der Waals surface area contributed by atoms with Crippen LogP contribution in [0.3, 0.4) is 0 Å². The van der Waals surface area contributed by atoms with Crippen molar-refractivity contribution in [2.45, 2.75) is 0 Å². The van der Waals surface area contributed by atoms with E-state index < -0.39 is 11.6 Å². The maximum atomic E-state index is 13.1. The van der Waals surface area contributed by atoms with Crippen molar-refractivity contribution in [3.63, 3.8) is 0 Å². The Balaban J connectivity index is 0.000000180. The molecule has 0 N–H and O–H groups in total. The molecule has 7 heteroatoms. The molecule has 1 aliphatic rings. The molecule has 0 aliphatic carbocycles. The number of hydrogen-bond donors (Lipinski definition) is 0. The van der Waals surface area contributed by atoms with Gasteiger partial charge >= 0.3 is 20.1 Å². The zero-order valence-corrected chi connectivity index (χ0v) is 16.2. The summed E-state index contributed by atoms with van der Waals surface area (Å²) in [5.41, 5.74) is 1.18. The van der Waals surface area contributed by atoms with E-state index in [0.29, 0.717) is 0 Å². The third-order valence-corrected chi connectivity index (χ3v) is 3.31. The second-order valence-corrected chi connectivity index (χ2v) is 5.20. The van der Waals surface area contributed by atoms with Crippen LogP contribution in [-0.4, -0.2) is 21.7 Å². The van der Waals surface area contributed by atoms with Crippen molar-refractivity contribution < 1.29 is 28.9 Å². The first-order valence-electron chi connectivity index (χ1n) is 7.50. The summed E-state index contributed by atoms with van der Waals surface area (Å²) in [6, 6.07) is 17.0. The SMILES string of the molecule is CN1C=CN(c2[c-]cccc2)[CH-]1.Fc1c[c-]c(-n2cccn2)c(F)c1.[Ir+3]. The molecular weight excluding hydrogens is 514 g/mol. The van der Waals surface area contributed by atoms with Crippen LogP contribution in [0.4, 0.5) is 14.5 Å². The summed E-state index contributed by atoms with van der Waals surface area (Å²) in [6.45, 7) is 2.01. The molecular formula is C19H15F2IrN4. The van der Waals surface area contributed by atoms with Crippen molar-refractivity contribution in [3.8, 4) is 5.69 Å². The van der Waals surface area contributed by atoms with Gasteiger partial charge < -0.3 is 9.80 Å². The Morgan fingerprint density at radius 2 is 1.96 bits per heavy atom. The maximum Gasteiger partial charge on any atom is 3.00 e. The fourth-order valence-corrected chi connectivity index (χ4v) is 2.15. The van der Waals surface area contributed by atoms with Gasteiger partial charge in [-0.2, -0.15) is 48.2 Å². The molecule has 0 unspecified atom stereocenters. The van der Waals surface area contributed by atoms with E-state index in [1.165, 1.54) is 10.9 Å². The monoisotopic (exact) mass is 530 g/mol. The minimum Gasteiger partial charge on any atom is -0.510 e. The second kappa shape index (κ2) is 9.27. The molecule has 4 rings (SSSR count). The van der Waals surface area contributed by atoms with Gasteiger partial charge in [0, 0.05) is 24.0 Å². The van der Waals surface area contributed by atoms with Crippen LogP contribution in [-0.2, 0) is 20.1 Å². The van der Waals surface area contributed by atoms with Crippen LogP contribution < -0.4 is 4.90 Å². The third-order valence-electron chi connectivity index (χ3n) is 3.31. The molecule has 0 saturated heterocycles. The molecule has 0 radical (unpaired) electrons. The minimum absolute atomic E-state index is 0. The molecule has 1 aliphatic heterocycles. The molecule has 0 atom stereocenters. The topological polar surface area (TPSA) is 24.3 Å². The van der Waals surface area contributed by atoms with E-state index in [1.807, 2.05) is 60.2 Å². The van der Waals surface area contributed by atoms with Gasteiger partial charge in [-0.25, -0.2) is 0 Å². The summed E-state index contributed by atoms with van der Waals surface area (Å²) in [5.74, 6) is -1.32. The third kappa shape index (κ3) is 5.00. The predicted molar refractivity (Wildman–Crippen MR) is 91.3 cm³/mol. The van der Waals surface area contributed by atoms with Gasteiger partial charge in [0.2, 0.25) is 0 Å². The Bertz CT molecular complexity index is 838. The van der Waals surface area contributed by atoms with E-state index in [-0.39, 0.29) is 25.8 Å². The number of para-hydroxylation sites is 1. The van der Waals surface area contributed by atoms with Crippen molar-refractivity contribution in [2.75, 3.05) is 11.9 Å². The largest absolute Gasteiger partial charge is 3.00 e. The van der Waals surface area contributed by atoms with Crippen LogP contribution >= 0.6 is 0 Å². The number of halogens is 2. The molecule has 134 valence electrons. The van der Waals surface area contributed by atoms with Crippen molar-refractivity contribution >= 4 is 5.69 Å². The van der Waals surface area contributed by atoms with Crippen LogP contribution in [0.25, 0.3) is 5.69 Å². The Morgan fingerprint density at radius 3 is 2.54 bits per heavy atom. The van der Waals surface area contributed by atoms with Gasteiger partial charge in [-0.05, 0) is 31.2 Å². The Labute approximate surface area is 164 Å². The molecule has 2 heterocycles. The summed E-state index contributed by atoms with van der Waals surface area (Å²) in [6.07, 6.45) is 7.08. The van der Waals surface area contributed by atoms with Crippen molar-refractivity contribution in [1.82, 2.24) is 14.7 Å². The first kappa shape index (κ1) is 19.8. The van der Waals surface area contributed by atoms with E-state index in [0.717, 1.165) is 17.8 Å². The van der Waals surface area contributed by atoms with E-state index >= 15 is 0 Å². The average molecular weight is 530 g/mol. The number of rotatable bonds is 2. The maximum absolute atomic E-state index is 13.1. The average Bonchev–Trinajstić information content (AvgIpc) is 3.28. The minimum atomic E-state index is -0.677. The Hall–Kier alpha value is -2.50. The zero-order valence-electron chi connectivity index (χ0n) is 13.8. The van der Waals surface area contributed by atoms with Crippen LogP contribution in [0.15, 0.2) is 67.3 Å². The van der Waals surface area contributed by atoms with Crippen molar-refractivity contribution in [1.29, 1.82) is 0 Å². The number of benzene rings is 2. The zero-order chi connectivity index (χ0) is 17.6. The van der Waals surface area contributed by atoms with Gasteiger partial charge in [0.25, 0.3) is 0 Å². The van der Waals surface area contributed by atoms with Gasteiger partial charge in [0.15, 0.2) is 0 Å². The van der Waals surface area contributed by atoms with Crippen LogP contribution in [0, 0.1) is 30.4 Å². The Kier molecular flexibility index (Phi) is 7.06.